The Morgan fingerprint density at radius 3 is 2.06 bits per heavy atom. The normalized spacial score (nSPS) is 20.5. The average molecular weight is 320 g/mol. The van der Waals surface area contributed by atoms with Crippen molar-refractivity contribution in [2.24, 2.45) is 11.8 Å². The van der Waals surface area contributed by atoms with Crippen molar-refractivity contribution in [3.05, 3.63) is 0 Å². The van der Waals surface area contributed by atoms with Gasteiger partial charge in [-0.25, -0.2) is 0 Å². The lowest BCUT2D eigenvalue weighted by Crippen LogP contribution is -3.00. The van der Waals surface area contributed by atoms with Crippen molar-refractivity contribution in [1.82, 2.24) is 0 Å². The zero-order valence-corrected chi connectivity index (χ0v) is 14.6. The van der Waals surface area contributed by atoms with Crippen molar-refractivity contribution in [3.63, 3.8) is 0 Å². The highest BCUT2D eigenvalue weighted by Crippen LogP contribution is 2.21. The van der Waals surface area contributed by atoms with Crippen LogP contribution in [0.25, 0.3) is 0 Å². The Labute approximate surface area is 126 Å². The fraction of sp³-hybridized carbons (Fsp3) is 1.00. The molecule has 110 valence electrons. The van der Waals surface area contributed by atoms with Gasteiger partial charge in [0, 0.05) is 0 Å². The number of hydrogen-bond acceptors (Lipinski definition) is 0. The summed E-state index contributed by atoms with van der Waals surface area (Å²) in [4.78, 5) is 0. The quantitative estimate of drug-likeness (QED) is 0.623. The van der Waals surface area contributed by atoms with Crippen LogP contribution in [0.5, 0.6) is 0 Å². The third kappa shape index (κ3) is 7.78. The summed E-state index contributed by atoms with van der Waals surface area (Å²) in [5.74, 6) is 1.82. The summed E-state index contributed by atoms with van der Waals surface area (Å²) in [5.41, 5.74) is 0. The number of rotatable bonds is 7. The highest BCUT2D eigenvalue weighted by atomic mass is 79.9. The zero-order valence-electron chi connectivity index (χ0n) is 13.1. The molecule has 1 nitrogen and oxygen atoms in total. The van der Waals surface area contributed by atoms with E-state index in [4.69, 9.17) is 0 Å². The molecule has 0 saturated carbocycles. The van der Waals surface area contributed by atoms with Crippen molar-refractivity contribution in [1.29, 1.82) is 0 Å². The van der Waals surface area contributed by atoms with E-state index in [1.54, 1.807) is 0 Å². The minimum atomic E-state index is 0. The van der Waals surface area contributed by atoms with E-state index in [1.165, 1.54) is 69.1 Å². The molecule has 1 rings (SSSR count). The topological polar surface area (TPSA) is 0 Å². The van der Waals surface area contributed by atoms with Crippen LogP contribution in [0.2, 0.25) is 0 Å². The molecule has 0 amide bonds. The van der Waals surface area contributed by atoms with Gasteiger partial charge in [-0.15, -0.1) is 0 Å². The first kappa shape index (κ1) is 18.4. The number of piperidine rings is 1. The Bertz CT molecular complexity index is 197. The fourth-order valence-electron chi connectivity index (χ4n) is 3.05. The van der Waals surface area contributed by atoms with Crippen LogP contribution in [-0.2, 0) is 0 Å². The van der Waals surface area contributed by atoms with Crippen LogP contribution in [0.1, 0.15) is 65.7 Å². The Kier molecular flexibility index (Phi) is 9.59. The second kappa shape index (κ2) is 9.36. The molecule has 1 unspecified atom stereocenters. The van der Waals surface area contributed by atoms with E-state index in [0.29, 0.717) is 0 Å². The molecule has 0 aromatic carbocycles. The number of halogens is 1. The third-order valence-corrected chi connectivity index (χ3v) is 4.54. The molecule has 0 aromatic heterocycles. The molecule has 1 saturated heterocycles. The first-order valence-electron chi connectivity index (χ1n) is 7.85. The maximum absolute atomic E-state index is 2.47. The summed E-state index contributed by atoms with van der Waals surface area (Å²) < 4.78 is 1.36. The molecular weight excluding hydrogens is 286 g/mol. The fourth-order valence-corrected chi connectivity index (χ4v) is 3.05. The van der Waals surface area contributed by atoms with Crippen LogP contribution in [0.3, 0.4) is 0 Å². The van der Waals surface area contributed by atoms with E-state index in [1.807, 2.05) is 0 Å². The molecule has 18 heavy (non-hydrogen) atoms. The molecule has 1 aliphatic rings. The average Bonchev–Trinajstić information content (AvgIpc) is 2.27. The summed E-state index contributed by atoms with van der Waals surface area (Å²) in [6, 6.07) is 0. The molecule has 0 bridgehead atoms. The van der Waals surface area contributed by atoms with Crippen LogP contribution in [-0.4, -0.2) is 31.2 Å². The van der Waals surface area contributed by atoms with Gasteiger partial charge in [0.2, 0.25) is 0 Å². The molecule has 1 fully saturated rings. The maximum Gasteiger partial charge on any atom is 0.0787 e. The summed E-state index contributed by atoms with van der Waals surface area (Å²) in [6.45, 7) is 11.4. The Morgan fingerprint density at radius 1 is 0.889 bits per heavy atom. The van der Waals surface area contributed by atoms with E-state index in [0.717, 1.165) is 11.8 Å². The number of hydrogen-bond donors (Lipinski definition) is 0. The van der Waals surface area contributed by atoms with Gasteiger partial charge in [0.25, 0.3) is 0 Å². The van der Waals surface area contributed by atoms with E-state index < -0.39 is 0 Å². The van der Waals surface area contributed by atoms with Crippen LogP contribution < -0.4 is 17.0 Å². The molecule has 0 radical (unpaired) electrons. The molecule has 2 heteroatoms. The van der Waals surface area contributed by atoms with Gasteiger partial charge in [-0.2, -0.15) is 0 Å². The van der Waals surface area contributed by atoms with Gasteiger partial charge < -0.3 is 21.5 Å². The number of quaternary nitrogens is 1. The van der Waals surface area contributed by atoms with Gasteiger partial charge >= 0.3 is 0 Å². The van der Waals surface area contributed by atoms with Crippen molar-refractivity contribution in [2.45, 2.75) is 65.7 Å². The van der Waals surface area contributed by atoms with Crippen molar-refractivity contribution >= 4 is 0 Å². The van der Waals surface area contributed by atoms with E-state index in [2.05, 4.69) is 27.8 Å². The smallest absolute Gasteiger partial charge is 0.0787 e. The third-order valence-electron chi connectivity index (χ3n) is 4.54. The summed E-state index contributed by atoms with van der Waals surface area (Å²) in [7, 11) is 2.47. The standard InChI is InChI=1S/C16H34N.BrH/c1-15(2)9-8-10-16(3)11-14-17(4)12-6-5-7-13-17;/h15-16H,5-14H2,1-4H3;1H/q+1;/p-1. The van der Waals surface area contributed by atoms with E-state index in [9.17, 15) is 0 Å². The molecule has 0 aromatic rings. The molecule has 0 N–H and O–H groups in total. The highest BCUT2D eigenvalue weighted by Gasteiger charge is 2.24. The van der Waals surface area contributed by atoms with Gasteiger partial charge in [-0.3, -0.25) is 0 Å². The molecule has 0 aliphatic carbocycles. The number of nitrogens with zero attached hydrogens (tertiary/aromatic N) is 1. The van der Waals surface area contributed by atoms with Gasteiger partial charge in [0.1, 0.15) is 0 Å². The molecule has 1 atom stereocenters. The lowest BCUT2D eigenvalue weighted by Gasteiger charge is -2.38. The monoisotopic (exact) mass is 319 g/mol. The Balaban J connectivity index is 0.00000289. The minimum Gasteiger partial charge on any atom is -1.00 e. The lowest BCUT2D eigenvalue weighted by molar-refractivity contribution is -0.914. The molecule has 1 aliphatic heterocycles. The van der Waals surface area contributed by atoms with Gasteiger partial charge in [-0.1, -0.05) is 40.0 Å². The second-order valence-corrected chi connectivity index (χ2v) is 7.07. The predicted octanol–water partition coefficient (Wildman–Crippen LogP) is 1.47. The highest BCUT2D eigenvalue weighted by molar-refractivity contribution is 4.58. The van der Waals surface area contributed by atoms with E-state index >= 15 is 0 Å². The van der Waals surface area contributed by atoms with Crippen molar-refractivity contribution < 1.29 is 21.5 Å². The SMILES string of the molecule is CC(C)CCCC(C)CC[N+]1(C)CCCCC1.[Br-]. The first-order valence-corrected chi connectivity index (χ1v) is 7.85. The summed E-state index contributed by atoms with van der Waals surface area (Å²) in [6.07, 6.45) is 10.1. The van der Waals surface area contributed by atoms with Crippen LogP contribution in [0.15, 0.2) is 0 Å². The zero-order chi connectivity index (χ0) is 12.7. The Morgan fingerprint density at radius 2 is 1.50 bits per heavy atom. The minimum absolute atomic E-state index is 0. The lowest BCUT2D eigenvalue weighted by atomic mass is 9.96. The van der Waals surface area contributed by atoms with Gasteiger partial charge in [-0.05, 0) is 37.5 Å². The molecule has 1 heterocycles. The van der Waals surface area contributed by atoms with Crippen LogP contribution in [0, 0.1) is 11.8 Å². The summed E-state index contributed by atoms with van der Waals surface area (Å²) in [5, 5.41) is 0. The molecular formula is C16H34BrN. The molecule has 0 spiro atoms. The van der Waals surface area contributed by atoms with E-state index in [-0.39, 0.29) is 17.0 Å². The maximum atomic E-state index is 2.47. The first-order chi connectivity index (χ1) is 8.02. The van der Waals surface area contributed by atoms with Gasteiger partial charge in [0.05, 0.1) is 26.7 Å². The van der Waals surface area contributed by atoms with Crippen molar-refractivity contribution in [3.8, 4) is 0 Å². The second-order valence-electron chi connectivity index (χ2n) is 7.07. The summed E-state index contributed by atoms with van der Waals surface area (Å²) >= 11 is 0. The van der Waals surface area contributed by atoms with Crippen LogP contribution in [0.4, 0.5) is 0 Å². The van der Waals surface area contributed by atoms with Gasteiger partial charge in [0.15, 0.2) is 0 Å². The largest absolute Gasteiger partial charge is 1.00 e. The number of likely N-dealkylation sites (tertiary alicyclic amines) is 1. The Hall–Kier alpha value is 0.440. The van der Waals surface area contributed by atoms with Crippen molar-refractivity contribution in [2.75, 3.05) is 26.7 Å². The predicted molar refractivity (Wildman–Crippen MR) is 77.1 cm³/mol. The van der Waals surface area contributed by atoms with Crippen LogP contribution >= 0.6 is 0 Å².